The van der Waals surface area contributed by atoms with Gasteiger partial charge in [0.15, 0.2) is 0 Å². The Labute approximate surface area is 121 Å². The summed E-state index contributed by atoms with van der Waals surface area (Å²) in [5.41, 5.74) is 3.05. The van der Waals surface area contributed by atoms with Crippen molar-refractivity contribution in [1.29, 1.82) is 0 Å². The third-order valence-corrected chi connectivity index (χ3v) is 4.13. The first-order chi connectivity index (χ1) is 9.93. The maximum atomic E-state index is 4.24. The number of nitrogens with one attached hydrogen (secondary N) is 1. The van der Waals surface area contributed by atoms with Crippen molar-refractivity contribution in [2.45, 2.75) is 44.7 Å². The summed E-state index contributed by atoms with van der Waals surface area (Å²) < 4.78 is 2.00. The molecular formula is C17H23N3. The summed E-state index contributed by atoms with van der Waals surface area (Å²) in [5.74, 6) is 0. The fourth-order valence-electron chi connectivity index (χ4n) is 3.08. The minimum Gasteiger partial charge on any atom is -0.310 e. The second kappa shape index (κ2) is 6.71. The van der Waals surface area contributed by atoms with Crippen LogP contribution in [-0.4, -0.2) is 16.3 Å². The maximum absolute atomic E-state index is 4.24. The summed E-state index contributed by atoms with van der Waals surface area (Å²) in [4.78, 5) is 0. The molecule has 1 aliphatic rings. The molecule has 20 heavy (non-hydrogen) atoms. The van der Waals surface area contributed by atoms with Crippen LogP contribution in [0.4, 0.5) is 0 Å². The Morgan fingerprint density at radius 1 is 1.20 bits per heavy atom. The van der Waals surface area contributed by atoms with Crippen molar-refractivity contribution in [1.82, 2.24) is 15.1 Å². The third-order valence-electron chi connectivity index (χ3n) is 4.13. The van der Waals surface area contributed by atoms with E-state index in [1.165, 1.54) is 36.8 Å². The monoisotopic (exact) mass is 269 g/mol. The summed E-state index contributed by atoms with van der Waals surface area (Å²) in [7, 11) is 0. The number of hydrogen-bond acceptors (Lipinski definition) is 2. The molecule has 0 amide bonds. The number of rotatable bonds is 5. The van der Waals surface area contributed by atoms with Crippen molar-refractivity contribution >= 4 is 0 Å². The lowest BCUT2D eigenvalue weighted by molar-refractivity contribution is 0.462. The first-order valence-corrected chi connectivity index (χ1v) is 7.72. The molecule has 1 atom stereocenters. The zero-order valence-electron chi connectivity index (χ0n) is 12.0. The fourth-order valence-corrected chi connectivity index (χ4v) is 3.08. The molecule has 1 aromatic carbocycles. The van der Waals surface area contributed by atoms with E-state index in [0.717, 1.165) is 19.5 Å². The Balaban J connectivity index is 1.54. The second-order valence-electron chi connectivity index (χ2n) is 5.57. The van der Waals surface area contributed by atoms with E-state index in [4.69, 9.17) is 0 Å². The molecule has 1 aliphatic carbocycles. The van der Waals surface area contributed by atoms with Crippen LogP contribution in [0, 0.1) is 0 Å². The fraction of sp³-hybridized carbons (Fsp3) is 0.471. The third kappa shape index (κ3) is 3.28. The lowest BCUT2D eigenvalue weighted by Crippen LogP contribution is -2.23. The number of fused-ring (bicyclic) bond motifs is 1. The standard InChI is InChI=1S/C17H23N3/c1-3-9-16-15(7-1)8-2-4-10-17(16)18-11-5-13-20-14-6-12-19-20/h1,3,6-7,9,12,14,17-18H,2,4-5,8,10-11,13H2. The summed E-state index contributed by atoms with van der Waals surface area (Å²) in [5, 5.41) is 7.98. The second-order valence-corrected chi connectivity index (χ2v) is 5.57. The van der Waals surface area contributed by atoms with Crippen molar-refractivity contribution < 1.29 is 0 Å². The minimum atomic E-state index is 0.534. The predicted molar refractivity (Wildman–Crippen MR) is 81.6 cm³/mol. The van der Waals surface area contributed by atoms with Gasteiger partial charge in [0.05, 0.1) is 0 Å². The molecule has 1 N–H and O–H groups in total. The van der Waals surface area contributed by atoms with Crippen LogP contribution in [0.2, 0.25) is 0 Å². The van der Waals surface area contributed by atoms with E-state index in [9.17, 15) is 0 Å². The van der Waals surface area contributed by atoms with E-state index in [-0.39, 0.29) is 0 Å². The number of benzene rings is 1. The van der Waals surface area contributed by atoms with E-state index in [0.29, 0.717) is 6.04 Å². The van der Waals surface area contributed by atoms with Gasteiger partial charge in [0.2, 0.25) is 0 Å². The van der Waals surface area contributed by atoms with E-state index >= 15 is 0 Å². The molecule has 2 aromatic rings. The number of aryl methyl sites for hydroxylation is 2. The molecule has 0 fully saturated rings. The highest BCUT2D eigenvalue weighted by molar-refractivity contribution is 5.31. The first-order valence-electron chi connectivity index (χ1n) is 7.72. The van der Waals surface area contributed by atoms with Gasteiger partial charge in [0, 0.05) is 25.0 Å². The molecular weight excluding hydrogens is 246 g/mol. The van der Waals surface area contributed by atoms with Gasteiger partial charge in [-0.3, -0.25) is 4.68 Å². The van der Waals surface area contributed by atoms with Crippen LogP contribution in [0.3, 0.4) is 0 Å². The van der Waals surface area contributed by atoms with Gasteiger partial charge in [0.25, 0.3) is 0 Å². The Kier molecular flexibility index (Phi) is 4.49. The van der Waals surface area contributed by atoms with Gasteiger partial charge in [-0.25, -0.2) is 0 Å². The van der Waals surface area contributed by atoms with Gasteiger partial charge >= 0.3 is 0 Å². The highest BCUT2D eigenvalue weighted by Crippen LogP contribution is 2.28. The summed E-state index contributed by atoms with van der Waals surface area (Å²) >= 11 is 0. The van der Waals surface area contributed by atoms with Gasteiger partial charge in [-0.05, 0) is 49.4 Å². The van der Waals surface area contributed by atoms with E-state index in [1.54, 1.807) is 0 Å². The minimum absolute atomic E-state index is 0.534. The van der Waals surface area contributed by atoms with Crippen LogP contribution in [0.15, 0.2) is 42.7 Å². The summed E-state index contributed by atoms with van der Waals surface area (Å²) in [6.45, 7) is 2.05. The Morgan fingerprint density at radius 3 is 3.05 bits per heavy atom. The van der Waals surface area contributed by atoms with Crippen molar-refractivity contribution in [3.05, 3.63) is 53.9 Å². The Morgan fingerprint density at radius 2 is 2.15 bits per heavy atom. The first kappa shape index (κ1) is 13.4. The molecule has 3 nitrogen and oxygen atoms in total. The van der Waals surface area contributed by atoms with Crippen molar-refractivity contribution in [2.24, 2.45) is 0 Å². The average Bonchev–Trinajstić information content (AvgIpc) is 2.91. The molecule has 0 spiro atoms. The van der Waals surface area contributed by atoms with Crippen LogP contribution in [0.1, 0.15) is 42.9 Å². The largest absolute Gasteiger partial charge is 0.310 e. The van der Waals surface area contributed by atoms with Gasteiger partial charge in [-0.15, -0.1) is 0 Å². The Bertz CT molecular complexity index is 519. The van der Waals surface area contributed by atoms with Crippen molar-refractivity contribution in [2.75, 3.05) is 6.54 Å². The van der Waals surface area contributed by atoms with Gasteiger partial charge in [-0.2, -0.15) is 5.10 Å². The molecule has 1 aromatic heterocycles. The van der Waals surface area contributed by atoms with Crippen LogP contribution >= 0.6 is 0 Å². The van der Waals surface area contributed by atoms with Crippen molar-refractivity contribution in [3.63, 3.8) is 0 Å². The van der Waals surface area contributed by atoms with E-state index in [1.807, 2.05) is 23.1 Å². The zero-order chi connectivity index (χ0) is 13.6. The van der Waals surface area contributed by atoms with Gasteiger partial charge in [0.1, 0.15) is 0 Å². The molecule has 0 saturated carbocycles. The molecule has 1 heterocycles. The molecule has 106 valence electrons. The molecule has 0 bridgehead atoms. The molecule has 3 heteroatoms. The summed E-state index contributed by atoms with van der Waals surface area (Å²) in [6, 6.07) is 11.4. The van der Waals surface area contributed by atoms with Gasteiger partial charge in [-0.1, -0.05) is 30.7 Å². The highest BCUT2D eigenvalue weighted by atomic mass is 15.3. The molecule has 0 radical (unpaired) electrons. The van der Waals surface area contributed by atoms with Crippen LogP contribution in [0.5, 0.6) is 0 Å². The Hall–Kier alpha value is -1.61. The number of hydrogen-bond donors (Lipinski definition) is 1. The molecule has 0 saturated heterocycles. The lowest BCUT2D eigenvalue weighted by atomic mass is 9.99. The maximum Gasteiger partial charge on any atom is 0.0489 e. The quantitative estimate of drug-likeness (QED) is 0.666. The van der Waals surface area contributed by atoms with Gasteiger partial charge < -0.3 is 5.32 Å². The normalized spacial score (nSPS) is 18.5. The summed E-state index contributed by atoms with van der Waals surface area (Å²) in [6.07, 6.45) is 10.1. The zero-order valence-corrected chi connectivity index (χ0v) is 12.0. The predicted octanol–water partition coefficient (Wildman–Crippen LogP) is 3.33. The number of aromatic nitrogens is 2. The molecule has 1 unspecified atom stereocenters. The van der Waals surface area contributed by atoms with Crippen LogP contribution in [-0.2, 0) is 13.0 Å². The molecule has 3 rings (SSSR count). The van der Waals surface area contributed by atoms with Crippen LogP contribution in [0.25, 0.3) is 0 Å². The number of nitrogens with zero attached hydrogens (tertiary/aromatic N) is 2. The smallest absolute Gasteiger partial charge is 0.0489 e. The SMILES string of the molecule is c1ccc2c(c1)CCCCC2NCCCn1cccn1. The highest BCUT2D eigenvalue weighted by Gasteiger charge is 2.17. The van der Waals surface area contributed by atoms with E-state index in [2.05, 4.69) is 34.7 Å². The topological polar surface area (TPSA) is 29.9 Å². The molecule has 0 aliphatic heterocycles. The average molecular weight is 269 g/mol. The van der Waals surface area contributed by atoms with Crippen LogP contribution < -0.4 is 5.32 Å². The van der Waals surface area contributed by atoms with E-state index < -0.39 is 0 Å². The lowest BCUT2D eigenvalue weighted by Gasteiger charge is -2.19. The van der Waals surface area contributed by atoms with Crippen molar-refractivity contribution in [3.8, 4) is 0 Å².